The van der Waals surface area contributed by atoms with Crippen molar-refractivity contribution in [2.75, 3.05) is 26.2 Å². The van der Waals surface area contributed by atoms with E-state index in [2.05, 4.69) is 25.6 Å². The third-order valence-electron chi connectivity index (χ3n) is 3.52. The van der Waals surface area contributed by atoms with Crippen molar-refractivity contribution in [1.82, 2.24) is 25.6 Å². The van der Waals surface area contributed by atoms with Crippen LogP contribution in [0.2, 0.25) is 0 Å². The molecule has 0 radical (unpaired) electrons. The van der Waals surface area contributed by atoms with E-state index in [1.165, 1.54) is 19.0 Å². The van der Waals surface area contributed by atoms with Gasteiger partial charge in [0, 0.05) is 19.1 Å². The molecule has 0 bridgehead atoms. The fraction of sp³-hybridized carbons (Fsp3) is 0.750. The highest BCUT2D eigenvalue weighted by Crippen LogP contribution is 2.16. The smallest absolute Gasteiger partial charge is 0.273 e. The van der Waals surface area contributed by atoms with Crippen molar-refractivity contribution in [3.8, 4) is 0 Å². The summed E-state index contributed by atoms with van der Waals surface area (Å²) in [6, 6.07) is 0.292. The summed E-state index contributed by atoms with van der Waals surface area (Å²) >= 11 is 0. The number of aliphatic hydroxyl groups is 1. The largest absolute Gasteiger partial charge is 0.395 e. The summed E-state index contributed by atoms with van der Waals surface area (Å²) in [5.74, 6) is -0.203. The summed E-state index contributed by atoms with van der Waals surface area (Å²) in [7, 11) is 0. The Morgan fingerprint density at radius 3 is 3.21 bits per heavy atom. The van der Waals surface area contributed by atoms with Crippen LogP contribution in [-0.4, -0.2) is 63.6 Å². The van der Waals surface area contributed by atoms with Crippen LogP contribution in [0.3, 0.4) is 0 Å². The molecule has 0 spiro atoms. The summed E-state index contributed by atoms with van der Waals surface area (Å²) < 4.78 is 0. The molecule has 106 valence electrons. The number of hydrogen-bond donors (Lipinski definition) is 3. The molecule has 0 aromatic carbocycles. The van der Waals surface area contributed by atoms with E-state index in [0.29, 0.717) is 18.3 Å². The van der Waals surface area contributed by atoms with Crippen LogP contribution in [0.1, 0.15) is 36.2 Å². The maximum atomic E-state index is 11.6. The van der Waals surface area contributed by atoms with Gasteiger partial charge < -0.3 is 10.4 Å². The SMILES string of the molecule is O=C(NCCCN1CCCCC1CO)c1cn[nH]n1. The van der Waals surface area contributed by atoms with Gasteiger partial charge in [-0.3, -0.25) is 9.69 Å². The Balaban J connectivity index is 1.64. The van der Waals surface area contributed by atoms with Crippen molar-refractivity contribution in [1.29, 1.82) is 0 Å². The van der Waals surface area contributed by atoms with Crippen LogP contribution in [0, 0.1) is 0 Å². The molecule has 1 aromatic rings. The monoisotopic (exact) mass is 267 g/mol. The van der Waals surface area contributed by atoms with Crippen LogP contribution in [0.4, 0.5) is 0 Å². The number of nitrogens with zero attached hydrogens (tertiary/aromatic N) is 3. The number of rotatable bonds is 6. The van der Waals surface area contributed by atoms with Crippen LogP contribution < -0.4 is 5.32 Å². The average molecular weight is 267 g/mol. The normalized spacial score (nSPS) is 20.4. The predicted octanol–water partition coefficient (Wildman–Crippen LogP) is -0.229. The zero-order chi connectivity index (χ0) is 13.5. The fourth-order valence-electron chi connectivity index (χ4n) is 2.45. The Kier molecular flexibility index (Phi) is 5.29. The van der Waals surface area contributed by atoms with Gasteiger partial charge in [0.25, 0.3) is 5.91 Å². The third-order valence-corrected chi connectivity index (χ3v) is 3.52. The maximum Gasteiger partial charge on any atom is 0.273 e. The second kappa shape index (κ2) is 7.20. The number of hydrogen-bond acceptors (Lipinski definition) is 5. The van der Waals surface area contributed by atoms with Gasteiger partial charge in [0.05, 0.1) is 12.8 Å². The molecule has 1 saturated heterocycles. The van der Waals surface area contributed by atoms with E-state index >= 15 is 0 Å². The minimum Gasteiger partial charge on any atom is -0.395 e. The number of nitrogens with one attached hydrogen (secondary N) is 2. The van der Waals surface area contributed by atoms with Gasteiger partial charge in [-0.05, 0) is 25.8 Å². The van der Waals surface area contributed by atoms with Crippen LogP contribution in [0.5, 0.6) is 0 Å². The topological polar surface area (TPSA) is 94.1 Å². The number of carbonyl (C=O) groups excluding carboxylic acids is 1. The van der Waals surface area contributed by atoms with Crippen LogP contribution in [-0.2, 0) is 0 Å². The lowest BCUT2D eigenvalue weighted by Gasteiger charge is -2.34. The van der Waals surface area contributed by atoms with Gasteiger partial charge in [-0.1, -0.05) is 6.42 Å². The first-order valence-electron chi connectivity index (χ1n) is 6.80. The second-order valence-corrected chi connectivity index (χ2v) is 4.83. The molecule has 1 aliphatic heterocycles. The Labute approximate surface area is 112 Å². The Hall–Kier alpha value is -1.47. The van der Waals surface area contributed by atoms with E-state index in [0.717, 1.165) is 25.9 Å². The number of aromatic amines is 1. The van der Waals surface area contributed by atoms with E-state index in [1.807, 2.05) is 0 Å². The van der Waals surface area contributed by atoms with Crippen molar-refractivity contribution in [2.45, 2.75) is 31.7 Å². The molecule has 2 heterocycles. The van der Waals surface area contributed by atoms with Crippen molar-refractivity contribution in [2.24, 2.45) is 0 Å². The maximum absolute atomic E-state index is 11.6. The van der Waals surface area contributed by atoms with Crippen LogP contribution >= 0.6 is 0 Å². The molecule has 1 amide bonds. The molecular weight excluding hydrogens is 246 g/mol. The van der Waals surface area contributed by atoms with Gasteiger partial charge >= 0.3 is 0 Å². The van der Waals surface area contributed by atoms with E-state index in [9.17, 15) is 9.90 Å². The first kappa shape index (κ1) is 14.0. The van der Waals surface area contributed by atoms with Crippen LogP contribution in [0.15, 0.2) is 6.20 Å². The molecule has 7 nitrogen and oxygen atoms in total. The molecule has 1 fully saturated rings. The Bertz CT molecular complexity index is 381. The van der Waals surface area contributed by atoms with Crippen molar-refractivity contribution in [3.05, 3.63) is 11.9 Å². The molecule has 7 heteroatoms. The van der Waals surface area contributed by atoms with Gasteiger partial charge in [0.15, 0.2) is 5.69 Å². The first-order valence-corrected chi connectivity index (χ1v) is 6.80. The van der Waals surface area contributed by atoms with E-state index in [1.54, 1.807) is 0 Å². The van der Waals surface area contributed by atoms with Gasteiger partial charge in [0.1, 0.15) is 0 Å². The number of H-pyrrole nitrogens is 1. The minimum absolute atomic E-state index is 0.203. The molecule has 19 heavy (non-hydrogen) atoms. The predicted molar refractivity (Wildman–Crippen MR) is 69.6 cm³/mol. The van der Waals surface area contributed by atoms with E-state index in [-0.39, 0.29) is 12.5 Å². The third kappa shape index (κ3) is 4.00. The molecule has 1 atom stereocenters. The Morgan fingerprint density at radius 1 is 1.58 bits per heavy atom. The summed E-state index contributed by atoms with van der Waals surface area (Å²) in [6.45, 7) is 2.79. The molecule has 0 saturated carbocycles. The number of likely N-dealkylation sites (tertiary alicyclic amines) is 1. The zero-order valence-corrected chi connectivity index (χ0v) is 11.0. The molecular formula is C12H21N5O2. The van der Waals surface area contributed by atoms with Gasteiger partial charge in [-0.25, -0.2) is 0 Å². The highest BCUT2D eigenvalue weighted by atomic mass is 16.3. The second-order valence-electron chi connectivity index (χ2n) is 4.83. The molecule has 1 aliphatic rings. The Morgan fingerprint density at radius 2 is 2.47 bits per heavy atom. The summed E-state index contributed by atoms with van der Waals surface area (Å²) in [4.78, 5) is 13.9. The average Bonchev–Trinajstić information content (AvgIpc) is 2.98. The van der Waals surface area contributed by atoms with Crippen molar-refractivity contribution >= 4 is 5.91 Å². The summed E-state index contributed by atoms with van der Waals surface area (Å²) in [5.41, 5.74) is 0.311. The highest BCUT2D eigenvalue weighted by Gasteiger charge is 2.20. The van der Waals surface area contributed by atoms with Gasteiger partial charge in [-0.15, -0.1) is 0 Å². The lowest BCUT2D eigenvalue weighted by Crippen LogP contribution is -2.43. The summed E-state index contributed by atoms with van der Waals surface area (Å²) in [5, 5.41) is 21.8. The van der Waals surface area contributed by atoms with E-state index in [4.69, 9.17) is 0 Å². The molecule has 1 unspecified atom stereocenters. The highest BCUT2D eigenvalue weighted by molar-refractivity contribution is 5.91. The zero-order valence-electron chi connectivity index (χ0n) is 11.0. The lowest BCUT2D eigenvalue weighted by atomic mass is 10.0. The number of amides is 1. The minimum atomic E-state index is -0.203. The molecule has 1 aromatic heterocycles. The standard InChI is InChI=1S/C12H21N5O2/c18-9-10-4-1-2-6-17(10)7-3-5-13-12(19)11-8-14-16-15-11/h8,10,18H,1-7,9H2,(H,13,19)(H,14,15,16). The quantitative estimate of drug-likeness (QED) is 0.619. The van der Waals surface area contributed by atoms with Crippen molar-refractivity contribution in [3.63, 3.8) is 0 Å². The van der Waals surface area contributed by atoms with Crippen molar-refractivity contribution < 1.29 is 9.90 Å². The summed E-state index contributed by atoms with van der Waals surface area (Å²) in [6.07, 6.45) is 5.75. The van der Waals surface area contributed by atoms with Crippen LogP contribution in [0.25, 0.3) is 0 Å². The van der Waals surface area contributed by atoms with Gasteiger partial charge in [0.2, 0.25) is 0 Å². The number of aromatic nitrogens is 3. The van der Waals surface area contributed by atoms with Gasteiger partial charge in [-0.2, -0.15) is 15.4 Å². The lowest BCUT2D eigenvalue weighted by molar-refractivity contribution is 0.0867. The molecule has 0 aliphatic carbocycles. The fourth-order valence-corrected chi connectivity index (χ4v) is 2.45. The van der Waals surface area contributed by atoms with E-state index < -0.39 is 0 Å². The first-order chi connectivity index (χ1) is 9.31. The number of carbonyl (C=O) groups is 1. The number of aliphatic hydroxyl groups excluding tert-OH is 1. The molecule has 2 rings (SSSR count). The number of piperidine rings is 1. The molecule has 3 N–H and O–H groups in total.